The zero-order valence-corrected chi connectivity index (χ0v) is 21.1. The van der Waals surface area contributed by atoms with Crippen molar-refractivity contribution >= 4 is 35.2 Å². The van der Waals surface area contributed by atoms with Crippen LogP contribution in [0.3, 0.4) is 0 Å². The van der Waals surface area contributed by atoms with Gasteiger partial charge in [0.05, 0.1) is 11.4 Å². The Morgan fingerprint density at radius 3 is 2.13 bits per heavy atom. The Balaban J connectivity index is 1.65. The second kappa shape index (κ2) is 11.6. The molecule has 4 rings (SSSR count). The first-order valence-electron chi connectivity index (χ1n) is 12.4. The maximum Gasteiger partial charge on any atom is 0.330 e. The third kappa shape index (κ3) is 5.83. The number of aliphatic carboxylic acids is 1. The van der Waals surface area contributed by atoms with E-state index in [-0.39, 0.29) is 18.2 Å². The van der Waals surface area contributed by atoms with E-state index >= 15 is 0 Å². The fourth-order valence-electron chi connectivity index (χ4n) is 4.55. The van der Waals surface area contributed by atoms with Crippen LogP contribution in [0.1, 0.15) is 31.0 Å². The lowest BCUT2D eigenvalue weighted by Crippen LogP contribution is -2.60. The van der Waals surface area contributed by atoms with Crippen LogP contribution in [0.2, 0.25) is 0 Å². The topological polar surface area (TPSA) is 128 Å². The largest absolute Gasteiger partial charge is 0.479 e. The van der Waals surface area contributed by atoms with Gasteiger partial charge in [-0.25, -0.2) is 9.59 Å². The Bertz CT molecular complexity index is 1310. The number of hydrogen-bond donors (Lipinski definition) is 4. The SMILES string of the molecule is CC(C)[C@@H]1C(=O)Nc2ccccc2N1C(=O)N[C@H](Cc1ccccc1)C(=O)N[C@H](C(=O)O)c1ccccc1. The van der Waals surface area contributed by atoms with Crippen LogP contribution in [0.25, 0.3) is 0 Å². The van der Waals surface area contributed by atoms with Crippen molar-refractivity contribution in [2.75, 3.05) is 10.2 Å². The van der Waals surface area contributed by atoms with Gasteiger partial charge in [-0.3, -0.25) is 14.5 Å². The van der Waals surface area contributed by atoms with E-state index in [0.29, 0.717) is 16.9 Å². The van der Waals surface area contributed by atoms with E-state index in [9.17, 15) is 24.3 Å². The highest BCUT2D eigenvalue weighted by Crippen LogP contribution is 2.34. The van der Waals surface area contributed by atoms with E-state index in [1.54, 1.807) is 54.6 Å². The standard InChI is InChI=1S/C29H30N4O5/c1-18(2)25-27(35)30-21-15-9-10-16-23(21)33(25)29(38)31-22(17-19-11-5-3-6-12-19)26(34)32-24(28(36)37)20-13-7-4-8-14-20/h3-16,18,22,24-25H,17H2,1-2H3,(H,30,35)(H,31,38)(H,32,34)(H,36,37)/t22-,24+,25-/m1/s1. The van der Waals surface area contributed by atoms with Gasteiger partial charge in [0.1, 0.15) is 12.1 Å². The summed E-state index contributed by atoms with van der Waals surface area (Å²) < 4.78 is 0. The maximum absolute atomic E-state index is 13.8. The first-order valence-corrected chi connectivity index (χ1v) is 12.4. The summed E-state index contributed by atoms with van der Waals surface area (Å²) in [5, 5.41) is 18.0. The van der Waals surface area contributed by atoms with Gasteiger partial charge in [0.2, 0.25) is 11.8 Å². The minimum absolute atomic E-state index is 0.119. The number of fused-ring (bicyclic) bond motifs is 1. The predicted molar refractivity (Wildman–Crippen MR) is 144 cm³/mol. The van der Waals surface area contributed by atoms with Gasteiger partial charge in [0, 0.05) is 6.42 Å². The average molecular weight is 515 g/mol. The van der Waals surface area contributed by atoms with Crippen LogP contribution in [-0.2, 0) is 20.8 Å². The number of nitrogens with one attached hydrogen (secondary N) is 3. The van der Waals surface area contributed by atoms with E-state index in [4.69, 9.17) is 0 Å². The summed E-state index contributed by atoms with van der Waals surface area (Å²) in [5.74, 6) is -2.43. The number of nitrogens with zero attached hydrogens (tertiary/aromatic N) is 1. The van der Waals surface area contributed by atoms with Crippen molar-refractivity contribution in [3.63, 3.8) is 0 Å². The molecule has 3 atom stereocenters. The fourth-order valence-corrected chi connectivity index (χ4v) is 4.55. The number of carboxylic acid groups (broad SMARTS) is 1. The molecule has 4 amide bonds. The fraction of sp³-hybridized carbons (Fsp3) is 0.241. The van der Waals surface area contributed by atoms with E-state index < -0.39 is 36.0 Å². The first kappa shape index (κ1) is 26.4. The number of carboxylic acids is 1. The molecule has 9 heteroatoms. The molecule has 9 nitrogen and oxygen atoms in total. The van der Waals surface area contributed by atoms with Crippen molar-refractivity contribution in [3.05, 3.63) is 96.1 Å². The van der Waals surface area contributed by atoms with Gasteiger partial charge in [-0.05, 0) is 29.2 Å². The van der Waals surface area contributed by atoms with Crippen molar-refractivity contribution in [1.29, 1.82) is 0 Å². The maximum atomic E-state index is 13.8. The number of amides is 4. The second-order valence-corrected chi connectivity index (χ2v) is 9.45. The highest BCUT2D eigenvalue weighted by atomic mass is 16.4. The molecule has 1 aliphatic heterocycles. The summed E-state index contributed by atoms with van der Waals surface area (Å²) >= 11 is 0. The molecule has 196 valence electrons. The number of rotatable bonds is 8. The van der Waals surface area contributed by atoms with Crippen molar-refractivity contribution in [2.45, 2.75) is 38.4 Å². The van der Waals surface area contributed by atoms with E-state index in [1.165, 1.54) is 4.90 Å². The molecule has 0 radical (unpaired) electrons. The molecule has 0 aliphatic carbocycles. The third-order valence-electron chi connectivity index (χ3n) is 6.38. The van der Waals surface area contributed by atoms with Crippen LogP contribution >= 0.6 is 0 Å². The second-order valence-electron chi connectivity index (χ2n) is 9.45. The van der Waals surface area contributed by atoms with E-state index in [2.05, 4.69) is 16.0 Å². The van der Waals surface area contributed by atoms with Gasteiger partial charge in [0.25, 0.3) is 0 Å². The zero-order valence-electron chi connectivity index (χ0n) is 21.1. The van der Waals surface area contributed by atoms with Crippen LogP contribution < -0.4 is 20.9 Å². The monoisotopic (exact) mass is 514 g/mol. The molecule has 0 saturated carbocycles. The summed E-state index contributed by atoms with van der Waals surface area (Å²) in [7, 11) is 0. The van der Waals surface area contributed by atoms with Crippen LogP contribution in [0, 0.1) is 5.92 Å². The molecular formula is C29H30N4O5. The smallest absolute Gasteiger partial charge is 0.330 e. The van der Waals surface area contributed by atoms with Crippen molar-refractivity contribution in [1.82, 2.24) is 10.6 Å². The summed E-state index contributed by atoms with van der Waals surface area (Å²) in [6.07, 6.45) is 0.119. The summed E-state index contributed by atoms with van der Waals surface area (Å²) in [6, 6.07) is 20.6. The van der Waals surface area contributed by atoms with Gasteiger partial charge in [0.15, 0.2) is 6.04 Å². The van der Waals surface area contributed by atoms with E-state index in [1.807, 2.05) is 44.2 Å². The Kier molecular flexibility index (Phi) is 8.06. The number of carbonyl (C=O) groups is 4. The quantitative estimate of drug-likeness (QED) is 0.364. The van der Waals surface area contributed by atoms with Gasteiger partial charge in [-0.1, -0.05) is 86.6 Å². The lowest BCUT2D eigenvalue weighted by Gasteiger charge is -2.39. The van der Waals surface area contributed by atoms with Crippen molar-refractivity contribution in [3.8, 4) is 0 Å². The number of hydrogen-bond acceptors (Lipinski definition) is 4. The van der Waals surface area contributed by atoms with Gasteiger partial charge < -0.3 is 21.1 Å². The van der Waals surface area contributed by atoms with Gasteiger partial charge >= 0.3 is 12.0 Å². The van der Waals surface area contributed by atoms with Gasteiger partial charge in [-0.2, -0.15) is 0 Å². The van der Waals surface area contributed by atoms with E-state index in [0.717, 1.165) is 5.56 Å². The highest BCUT2D eigenvalue weighted by molar-refractivity contribution is 6.12. The molecule has 1 heterocycles. The zero-order chi connectivity index (χ0) is 27.2. The molecule has 0 spiro atoms. The number of urea groups is 1. The molecule has 0 aromatic heterocycles. The van der Waals surface area contributed by atoms with Crippen molar-refractivity contribution < 1.29 is 24.3 Å². The molecule has 3 aromatic rings. The molecule has 0 fully saturated rings. The molecular weight excluding hydrogens is 484 g/mol. The lowest BCUT2D eigenvalue weighted by molar-refractivity contribution is -0.142. The lowest BCUT2D eigenvalue weighted by atomic mass is 9.97. The molecule has 4 N–H and O–H groups in total. The summed E-state index contributed by atoms with van der Waals surface area (Å²) in [6.45, 7) is 3.67. The Labute approximate surface area is 220 Å². The minimum Gasteiger partial charge on any atom is -0.479 e. The van der Waals surface area contributed by atoms with Crippen LogP contribution in [-0.4, -0.2) is 41.0 Å². The molecule has 0 bridgehead atoms. The Hall–Kier alpha value is -4.66. The van der Waals surface area contributed by atoms with Crippen molar-refractivity contribution in [2.24, 2.45) is 5.92 Å². The molecule has 1 aliphatic rings. The van der Waals surface area contributed by atoms with Crippen LogP contribution in [0.4, 0.5) is 16.2 Å². The molecule has 3 aromatic carbocycles. The summed E-state index contributed by atoms with van der Waals surface area (Å²) in [5.41, 5.74) is 2.18. The normalized spacial score (nSPS) is 16.1. The van der Waals surface area contributed by atoms with Crippen LogP contribution in [0.15, 0.2) is 84.9 Å². The minimum atomic E-state index is -1.30. The number of benzene rings is 3. The number of carbonyl (C=O) groups excluding carboxylic acids is 3. The molecule has 38 heavy (non-hydrogen) atoms. The highest BCUT2D eigenvalue weighted by Gasteiger charge is 2.40. The Morgan fingerprint density at radius 1 is 0.895 bits per heavy atom. The number of anilines is 2. The average Bonchev–Trinajstić information content (AvgIpc) is 2.91. The third-order valence-corrected chi connectivity index (χ3v) is 6.38. The first-order chi connectivity index (χ1) is 18.3. The van der Waals surface area contributed by atoms with Gasteiger partial charge in [-0.15, -0.1) is 0 Å². The number of para-hydroxylation sites is 2. The molecule has 0 saturated heterocycles. The molecule has 0 unspecified atom stereocenters. The predicted octanol–water partition coefficient (Wildman–Crippen LogP) is 3.73. The summed E-state index contributed by atoms with van der Waals surface area (Å²) in [4.78, 5) is 53.6. The Morgan fingerprint density at radius 2 is 1.50 bits per heavy atom. The van der Waals surface area contributed by atoms with Crippen LogP contribution in [0.5, 0.6) is 0 Å².